The van der Waals surface area contributed by atoms with Gasteiger partial charge in [-0.3, -0.25) is 4.90 Å². The van der Waals surface area contributed by atoms with E-state index in [0.29, 0.717) is 12.1 Å². The van der Waals surface area contributed by atoms with Crippen LogP contribution in [0.15, 0.2) is 36.4 Å². The molecular formula is C18H25NO. The van der Waals surface area contributed by atoms with Gasteiger partial charge in [0.1, 0.15) is 5.75 Å². The summed E-state index contributed by atoms with van der Waals surface area (Å²) in [5.74, 6) is 0.976. The molecule has 1 aromatic carbocycles. The minimum Gasteiger partial charge on any atom is -0.497 e. The lowest BCUT2D eigenvalue weighted by molar-refractivity contribution is 0.195. The summed E-state index contributed by atoms with van der Waals surface area (Å²) in [6, 6.07) is 9.94. The van der Waals surface area contributed by atoms with Gasteiger partial charge in [0.25, 0.3) is 0 Å². The summed E-state index contributed by atoms with van der Waals surface area (Å²) in [4.78, 5) is 2.73. The van der Waals surface area contributed by atoms with Crippen molar-refractivity contribution in [3.05, 3.63) is 42.0 Å². The molecule has 2 unspecified atom stereocenters. The number of methoxy groups -OCH3 is 1. The Morgan fingerprint density at radius 2 is 2.20 bits per heavy atom. The lowest BCUT2D eigenvalue weighted by atomic mass is 9.98. The maximum atomic E-state index is 5.34. The van der Waals surface area contributed by atoms with E-state index in [0.717, 1.165) is 12.2 Å². The number of likely N-dealkylation sites (tertiary alicyclic amines) is 1. The molecule has 20 heavy (non-hydrogen) atoms. The van der Waals surface area contributed by atoms with Crippen molar-refractivity contribution in [2.45, 2.75) is 50.6 Å². The maximum Gasteiger partial charge on any atom is 0.119 e. The number of rotatable bonds is 4. The highest BCUT2D eigenvalue weighted by atomic mass is 16.5. The number of allylic oxidation sites excluding steroid dienone is 1. The Balaban J connectivity index is 1.68. The van der Waals surface area contributed by atoms with Gasteiger partial charge in [-0.05, 0) is 62.8 Å². The van der Waals surface area contributed by atoms with E-state index in [4.69, 9.17) is 4.74 Å². The first-order valence-electron chi connectivity index (χ1n) is 7.92. The zero-order valence-electron chi connectivity index (χ0n) is 12.4. The molecule has 0 amide bonds. The Morgan fingerprint density at radius 3 is 3.00 bits per heavy atom. The molecule has 0 saturated carbocycles. The van der Waals surface area contributed by atoms with Crippen molar-refractivity contribution in [3.8, 4) is 5.75 Å². The summed E-state index contributed by atoms with van der Waals surface area (Å²) >= 11 is 0. The molecule has 1 fully saturated rings. The van der Waals surface area contributed by atoms with Crippen molar-refractivity contribution < 1.29 is 4.74 Å². The van der Waals surface area contributed by atoms with Crippen LogP contribution in [-0.2, 0) is 6.42 Å². The summed E-state index contributed by atoms with van der Waals surface area (Å²) < 4.78 is 5.34. The van der Waals surface area contributed by atoms with E-state index in [1.165, 1.54) is 44.2 Å². The normalized spacial score (nSPS) is 26.9. The number of hydrogen-bond donors (Lipinski definition) is 0. The van der Waals surface area contributed by atoms with Gasteiger partial charge in [0.2, 0.25) is 0 Å². The van der Waals surface area contributed by atoms with Gasteiger partial charge < -0.3 is 4.74 Å². The first-order valence-corrected chi connectivity index (χ1v) is 7.92. The van der Waals surface area contributed by atoms with Gasteiger partial charge in [0.15, 0.2) is 0 Å². The molecule has 2 aliphatic rings. The molecule has 2 atom stereocenters. The summed E-state index contributed by atoms with van der Waals surface area (Å²) in [5, 5.41) is 0. The molecule has 1 aliphatic heterocycles. The molecule has 0 bridgehead atoms. The van der Waals surface area contributed by atoms with E-state index in [2.05, 4.69) is 35.3 Å². The van der Waals surface area contributed by atoms with Gasteiger partial charge in [-0.2, -0.15) is 0 Å². The quantitative estimate of drug-likeness (QED) is 0.772. The fourth-order valence-electron chi connectivity index (χ4n) is 3.66. The molecule has 0 aromatic heterocycles. The largest absolute Gasteiger partial charge is 0.497 e. The highest BCUT2D eigenvalue weighted by Gasteiger charge is 2.29. The third kappa shape index (κ3) is 3.06. The molecule has 3 rings (SSSR count). The Labute approximate surface area is 122 Å². The first-order chi connectivity index (χ1) is 9.86. The topological polar surface area (TPSA) is 12.5 Å². The maximum absolute atomic E-state index is 5.34. The van der Waals surface area contributed by atoms with Crippen LogP contribution in [0, 0.1) is 0 Å². The van der Waals surface area contributed by atoms with Crippen LogP contribution >= 0.6 is 0 Å². The average molecular weight is 271 g/mol. The predicted octanol–water partition coefficient (Wildman–Crippen LogP) is 3.81. The molecular weight excluding hydrogens is 246 g/mol. The number of hydrogen-bond acceptors (Lipinski definition) is 2. The van der Waals surface area contributed by atoms with Crippen LogP contribution in [0.5, 0.6) is 5.75 Å². The van der Waals surface area contributed by atoms with Crippen LogP contribution in [0.3, 0.4) is 0 Å². The minimum absolute atomic E-state index is 0.682. The zero-order chi connectivity index (χ0) is 13.8. The fourth-order valence-corrected chi connectivity index (χ4v) is 3.66. The second-order valence-electron chi connectivity index (χ2n) is 6.02. The van der Waals surface area contributed by atoms with Crippen LogP contribution in [0.4, 0.5) is 0 Å². The standard InChI is InChI=1S/C18H25NO/c1-20-18-11-5-7-15(14-18)13-17-10-6-12-19(17)16-8-3-2-4-9-16/h3,5,7-8,11,14,16-17H,2,4,6,9-10,12-13H2,1H3. The molecule has 1 heterocycles. The summed E-state index contributed by atoms with van der Waals surface area (Å²) in [5.41, 5.74) is 1.40. The minimum atomic E-state index is 0.682. The molecule has 0 radical (unpaired) electrons. The van der Waals surface area contributed by atoms with Crippen LogP contribution < -0.4 is 4.74 Å². The highest BCUT2D eigenvalue weighted by molar-refractivity contribution is 5.29. The fraction of sp³-hybridized carbons (Fsp3) is 0.556. The second kappa shape index (κ2) is 6.45. The highest BCUT2D eigenvalue weighted by Crippen LogP contribution is 2.28. The van der Waals surface area contributed by atoms with Gasteiger partial charge in [0.05, 0.1) is 7.11 Å². The van der Waals surface area contributed by atoms with E-state index in [-0.39, 0.29) is 0 Å². The third-order valence-electron chi connectivity index (χ3n) is 4.68. The Morgan fingerprint density at radius 1 is 1.25 bits per heavy atom. The van der Waals surface area contributed by atoms with Crippen molar-refractivity contribution in [2.24, 2.45) is 0 Å². The van der Waals surface area contributed by atoms with Crippen LogP contribution in [-0.4, -0.2) is 30.6 Å². The SMILES string of the molecule is COc1cccc(CC2CCCN2C2C=CCCC2)c1. The van der Waals surface area contributed by atoms with Crippen molar-refractivity contribution in [1.29, 1.82) is 0 Å². The zero-order valence-corrected chi connectivity index (χ0v) is 12.4. The second-order valence-corrected chi connectivity index (χ2v) is 6.02. The smallest absolute Gasteiger partial charge is 0.119 e. The Bertz CT molecular complexity index is 468. The monoisotopic (exact) mass is 271 g/mol. The van der Waals surface area contributed by atoms with E-state index in [1.807, 2.05) is 6.07 Å². The molecule has 0 N–H and O–H groups in total. The van der Waals surface area contributed by atoms with Crippen LogP contribution in [0.25, 0.3) is 0 Å². The van der Waals surface area contributed by atoms with E-state index in [1.54, 1.807) is 7.11 Å². The van der Waals surface area contributed by atoms with Gasteiger partial charge in [-0.25, -0.2) is 0 Å². The average Bonchev–Trinajstić information content (AvgIpc) is 2.96. The van der Waals surface area contributed by atoms with Gasteiger partial charge in [-0.15, -0.1) is 0 Å². The molecule has 108 valence electrons. The molecule has 2 heteroatoms. The lowest BCUT2D eigenvalue weighted by Crippen LogP contribution is -2.39. The first kappa shape index (κ1) is 13.7. The van der Waals surface area contributed by atoms with E-state index in [9.17, 15) is 0 Å². The van der Waals surface area contributed by atoms with E-state index < -0.39 is 0 Å². The molecule has 1 saturated heterocycles. The summed E-state index contributed by atoms with van der Waals surface area (Å²) in [6.45, 7) is 1.27. The number of ether oxygens (including phenoxy) is 1. The van der Waals surface area contributed by atoms with Gasteiger partial charge in [0, 0.05) is 12.1 Å². The molecule has 1 aromatic rings. The Hall–Kier alpha value is -1.28. The van der Waals surface area contributed by atoms with Crippen molar-refractivity contribution in [2.75, 3.05) is 13.7 Å². The van der Waals surface area contributed by atoms with Gasteiger partial charge in [-0.1, -0.05) is 24.3 Å². The predicted molar refractivity (Wildman–Crippen MR) is 83.2 cm³/mol. The van der Waals surface area contributed by atoms with Crippen molar-refractivity contribution >= 4 is 0 Å². The van der Waals surface area contributed by atoms with Gasteiger partial charge >= 0.3 is 0 Å². The van der Waals surface area contributed by atoms with E-state index >= 15 is 0 Å². The molecule has 0 spiro atoms. The number of benzene rings is 1. The van der Waals surface area contributed by atoms with Crippen molar-refractivity contribution in [1.82, 2.24) is 4.90 Å². The molecule has 2 nitrogen and oxygen atoms in total. The van der Waals surface area contributed by atoms with Crippen LogP contribution in [0.1, 0.15) is 37.7 Å². The molecule has 1 aliphatic carbocycles. The van der Waals surface area contributed by atoms with Crippen molar-refractivity contribution in [3.63, 3.8) is 0 Å². The third-order valence-corrected chi connectivity index (χ3v) is 4.68. The Kier molecular flexibility index (Phi) is 4.41. The summed E-state index contributed by atoms with van der Waals surface area (Å²) in [7, 11) is 1.74. The number of nitrogens with zero attached hydrogens (tertiary/aromatic N) is 1. The van der Waals surface area contributed by atoms with Crippen LogP contribution in [0.2, 0.25) is 0 Å². The summed E-state index contributed by atoms with van der Waals surface area (Å²) in [6.07, 6.45) is 12.6. The lowest BCUT2D eigenvalue weighted by Gasteiger charge is -2.33.